The smallest absolute Gasteiger partial charge is 0.326 e. The fourth-order valence-corrected chi connectivity index (χ4v) is 4.21. The summed E-state index contributed by atoms with van der Waals surface area (Å²) in [5, 5.41) is 12.4. The maximum absolute atomic E-state index is 12.5. The van der Waals surface area contributed by atoms with Crippen molar-refractivity contribution in [2.75, 3.05) is 12.0 Å². The number of carbonyl (C=O) groups is 2. The molecule has 0 bridgehead atoms. The molecule has 1 saturated carbocycles. The van der Waals surface area contributed by atoms with Crippen LogP contribution in [0.5, 0.6) is 0 Å². The number of carbonyl (C=O) groups excluding carboxylic acids is 1. The highest BCUT2D eigenvalue weighted by atomic mass is 32.2. The van der Waals surface area contributed by atoms with E-state index >= 15 is 0 Å². The molecule has 4 unspecified atom stereocenters. The first-order valence-corrected chi connectivity index (χ1v) is 9.24. The molecule has 21 heavy (non-hydrogen) atoms. The van der Waals surface area contributed by atoms with Gasteiger partial charge in [0, 0.05) is 12.1 Å². The molecule has 1 aliphatic carbocycles. The van der Waals surface area contributed by atoms with Crippen molar-refractivity contribution >= 4 is 23.8 Å². The quantitative estimate of drug-likeness (QED) is 0.818. The largest absolute Gasteiger partial charge is 0.480 e. The van der Waals surface area contributed by atoms with Crippen LogP contribution >= 0.6 is 11.8 Å². The molecule has 1 aliphatic heterocycles. The van der Waals surface area contributed by atoms with Crippen molar-refractivity contribution in [2.45, 2.75) is 63.6 Å². The minimum absolute atomic E-state index is 0.0852. The molecule has 2 N–H and O–H groups in total. The Bertz CT molecular complexity index is 391. The SMILES string of the molecule is CSCCC(C)NC(=O)N1C(C(=O)O)CC2CCCCC21. The summed E-state index contributed by atoms with van der Waals surface area (Å²) in [6.45, 7) is 1.98. The van der Waals surface area contributed by atoms with Gasteiger partial charge in [0.1, 0.15) is 6.04 Å². The number of amides is 2. The number of hydrogen-bond donors (Lipinski definition) is 2. The molecule has 2 rings (SSSR count). The van der Waals surface area contributed by atoms with Crippen molar-refractivity contribution in [3.8, 4) is 0 Å². The van der Waals surface area contributed by atoms with E-state index in [9.17, 15) is 14.7 Å². The average molecular weight is 314 g/mol. The highest BCUT2D eigenvalue weighted by molar-refractivity contribution is 7.98. The minimum Gasteiger partial charge on any atom is -0.480 e. The normalized spacial score (nSPS) is 29.8. The third-order valence-corrected chi connectivity index (χ3v) is 5.38. The fraction of sp³-hybridized carbons (Fsp3) is 0.867. The molecule has 0 aromatic carbocycles. The number of aliphatic carboxylic acids is 1. The van der Waals surface area contributed by atoms with E-state index < -0.39 is 12.0 Å². The summed E-state index contributed by atoms with van der Waals surface area (Å²) < 4.78 is 0. The molecule has 120 valence electrons. The van der Waals surface area contributed by atoms with Crippen LogP contribution < -0.4 is 5.32 Å². The van der Waals surface area contributed by atoms with E-state index in [2.05, 4.69) is 5.32 Å². The van der Waals surface area contributed by atoms with Crippen molar-refractivity contribution in [3.63, 3.8) is 0 Å². The van der Waals surface area contributed by atoms with Crippen LogP contribution in [-0.4, -0.2) is 52.1 Å². The molecule has 2 amide bonds. The third kappa shape index (κ3) is 3.84. The van der Waals surface area contributed by atoms with Crippen molar-refractivity contribution in [1.82, 2.24) is 10.2 Å². The summed E-state index contributed by atoms with van der Waals surface area (Å²) in [7, 11) is 0. The lowest BCUT2D eigenvalue weighted by atomic mass is 9.85. The molecule has 1 heterocycles. The summed E-state index contributed by atoms with van der Waals surface area (Å²) in [6.07, 6.45) is 7.83. The van der Waals surface area contributed by atoms with Gasteiger partial charge >= 0.3 is 12.0 Å². The first kappa shape index (κ1) is 16.5. The summed E-state index contributed by atoms with van der Waals surface area (Å²) in [4.78, 5) is 25.7. The Morgan fingerprint density at radius 3 is 2.76 bits per heavy atom. The molecular weight excluding hydrogens is 288 g/mol. The molecule has 0 spiro atoms. The van der Waals surface area contributed by atoms with Gasteiger partial charge in [-0.15, -0.1) is 0 Å². The van der Waals surface area contributed by atoms with E-state index in [1.54, 1.807) is 16.7 Å². The molecule has 2 aliphatic rings. The molecule has 4 atom stereocenters. The van der Waals surface area contributed by atoms with Crippen LogP contribution in [-0.2, 0) is 4.79 Å². The van der Waals surface area contributed by atoms with E-state index in [0.717, 1.165) is 37.9 Å². The number of urea groups is 1. The Hall–Kier alpha value is -0.910. The maximum atomic E-state index is 12.5. The second kappa shape index (κ2) is 7.38. The van der Waals surface area contributed by atoms with Gasteiger partial charge in [-0.1, -0.05) is 12.8 Å². The van der Waals surface area contributed by atoms with Gasteiger partial charge in [-0.25, -0.2) is 9.59 Å². The van der Waals surface area contributed by atoms with Crippen LogP contribution in [0, 0.1) is 5.92 Å². The van der Waals surface area contributed by atoms with Crippen LogP contribution in [0.15, 0.2) is 0 Å². The van der Waals surface area contributed by atoms with Crippen molar-refractivity contribution in [3.05, 3.63) is 0 Å². The van der Waals surface area contributed by atoms with Crippen molar-refractivity contribution in [2.24, 2.45) is 5.92 Å². The number of nitrogens with zero attached hydrogens (tertiary/aromatic N) is 1. The Morgan fingerprint density at radius 1 is 1.38 bits per heavy atom. The van der Waals surface area contributed by atoms with Gasteiger partial charge in [-0.3, -0.25) is 0 Å². The molecule has 0 radical (unpaired) electrons. The number of carboxylic acid groups (broad SMARTS) is 1. The average Bonchev–Trinajstić information content (AvgIpc) is 2.84. The molecular formula is C15H26N2O3S. The predicted molar refractivity (Wildman–Crippen MR) is 84.6 cm³/mol. The Balaban J connectivity index is 2.02. The zero-order valence-corrected chi connectivity index (χ0v) is 13.7. The van der Waals surface area contributed by atoms with Gasteiger partial charge in [0.25, 0.3) is 0 Å². The first-order chi connectivity index (χ1) is 10.0. The van der Waals surface area contributed by atoms with E-state index in [0.29, 0.717) is 12.3 Å². The molecule has 2 fully saturated rings. The van der Waals surface area contributed by atoms with Crippen LogP contribution in [0.25, 0.3) is 0 Å². The number of rotatable bonds is 5. The summed E-state index contributed by atoms with van der Waals surface area (Å²) >= 11 is 1.75. The zero-order valence-electron chi connectivity index (χ0n) is 12.9. The molecule has 5 nitrogen and oxygen atoms in total. The van der Waals surface area contributed by atoms with Crippen LogP contribution in [0.4, 0.5) is 4.79 Å². The van der Waals surface area contributed by atoms with Crippen LogP contribution in [0.3, 0.4) is 0 Å². The summed E-state index contributed by atoms with van der Waals surface area (Å²) in [5.74, 6) is 0.499. The number of hydrogen-bond acceptors (Lipinski definition) is 3. The molecule has 6 heteroatoms. The van der Waals surface area contributed by atoms with E-state index in [1.807, 2.05) is 13.2 Å². The zero-order chi connectivity index (χ0) is 15.4. The van der Waals surface area contributed by atoms with Gasteiger partial charge in [0.05, 0.1) is 0 Å². The Kier molecular flexibility index (Phi) is 5.79. The summed E-state index contributed by atoms with van der Waals surface area (Å²) in [6, 6.07) is -0.633. The van der Waals surface area contributed by atoms with Gasteiger partial charge in [-0.2, -0.15) is 11.8 Å². The topological polar surface area (TPSA) is 69.6 Å². The number of carboxylic acids is 1. The third-order valence-electron chi connectivity index (χ3n) is 4.73. The van der Waals surface area contributed by atoms with E-state index in [-0.39, 0.29) is 18.1 Å². The number of likely N-dealkylation sites (tertiary alicyclic amines) is 1. The van der Waals surface area contributed by atoms with Crippen molar-refractivity contribution < 1.29 is 14.7 Å². The van der Waals surface area contributed by atoms with Crippen LogP contribution in [0.1, 0.15) is 45.4 Å². The standard InChI is InChI=1S/C15H26N2O3S/c1-10(7-8-21-2)16-15(20)17-12-6-4-3-5-11(12)9-13(17)14(18)19/h10-13H,3-9H2,1-2H3,(H,16,20)(H,18,19). The molecule has 0 aromatic heterocycles. The minimum atomic E-state index is -0.865. The lowest BCUT2D eigenvalue weighted by Gasteiger charge is -2.33. The highest BCUT2D eigenvalue weighted by Gasteiger charge is 2.47. The van der Waals surface area contributed by atoms with Gasteiger partial charge in [0.15, 0.2) is 0 Å². The highest BCUT2D eigenvalue weighted by Crippen LogP contribution is 2.39. The number of nitrogens with one attached hydrogen (secondary N) is 1. The summed E-state index contributed by atoms with van der Waals surface area (Å²) in [5.41, 5.74) is 0. The first-order valence-electron chi connectivity index (χ1n) is 7.85. The van der Waals surface area contributed by atoms with E-state index in [4.69, 9.17) is 0 Å². The lowest BCUT2D eigenvalue weighted by molar-refractivity contribution is -0.141. The second-order valence-electron chi connectivity index (χ2n) is 6.24. The number of fused-ring (bicyclic) bond motifs is 1. The molecule has 0 aromatic rings. The van der Waals surface area contributed by atoms with Gasteiger partial charge in [-0.05, 0) is 50.5 Å². The van der Waals surface area contributed by atoms with E-state index in [1.165, 1.54) is 0 Å². The predicted octanol–water partition coefficient (Wildman–Crippen LogP) is 2.56. The maximum Gasteiger partial charge on any atom is 0.326 e. The van der Waals surface area contributed by atoms with Crippen LogP contribution in [0.2, 0.25) is 0 Å². The molecule has 1 saturated heterocycles. The van der Waals surface area contributed by atoms with Crippen molar-refractivity contribution in [1.29, 1.82) is 0 Å². The lowest BCUT2D eigenvalue weighted by Crippen LogP contribution is -2.52. The van der Waals surface area contributed by atoms with Gasteiger partial charge < -0.3 is 15.3 Å². The van der Waals surface area contributed by atoms with Gasteiger partial charge in [0.2, 0.25) is 0 Å². The second-order valence-corrected chi connectivity index (χ2v) is 7.23. The Labute approximate surface area is 130 Å². The fourth-order valence-electron chi connectivity index (χ4n) is 3.62. The monoisotopic (exact) mass is 314 g/mol. The Morgan fingerprint density at radius 2 is 2.10 bits per heavy atom. The number of thioether (sulfide) groups is 1.